The molecular weight excluding hydrogens is 439 g/mol. The molecule has 0 fully saturated rings. The number of thiazole rings is 1. The van der Waals surface area contributed by atoms with E-state index < -0.39 is 27.2 Å². The zero-order chi connectivity index (χ0) is 22.6. The van der Waals surface area contributed by atoms with E-state index in [0.717, 1.165) is 11.3 Å². The van der Waals surface area contributed by atoms with E-state index >= 15 is 0 Å². The van der Waals surface area contributed by atoms with Gasteiger partial charge in [-0.1, -0.05) is 6.07 Å². The van der Waals surface area contributed by atoms with Crippen molar-refractivity contribution in [2.75, 3.05) is 4.72 Å². The number of hydrogen-bond acceptors (Lipinski definition) is 6. The highest BCUT2D eigenvalue weighted by Crippen LogP contribution is 2.26. The normalized spacial score (nSPS) is 11.5. The molecule has 0 saturated heterocycles. The van der Waals surface area contributed by atoms with Crippen molar-refractivity contribution in [1.82, 2.24) is 10.3 Å². The van der Waals surface area contributed by atoms with Crippen LogP contribution in [-0.4, -0.2) is 19.3 Å². The van der Waals surface area contributed by atoms with Gasteiger partial charge >= 0.3 is 0 Å². The van der Waals surface area contributed by atoms with Crippen LogP contribution in [0.4, 0.5) is 9.52 Å². The first-order valence-corrected chi connectivity index (χ1v) is 11.5. The third kappa shape index (κ3) is 5.25. The molecule has 0 radical (unpaired) electrons. The Morgan fingerprint density at radius 3 is 2.55 bits per heavy atom. The first-order chi connectivity index (χ1) is 14.6. The predicted molar refractivity (Wildman–Crippen MR) is 116 cm³/mol. The first-order valence-electron chi connectivity index (χ1n) is 9.13. The van der Waals surface area contributed by atoms with Crippen LogP contribution >= 0.6 is 11.3 Å². The average molecular weight is 459 g/mol. The smallest absolute Gasteiger partial charge is 0.263 e. The van der Waals surface area contributed by atoms with Crippen LogP contribution in [0.25, 0.3) is 0 Å². The first kappa shape index (κ1) is 22.4. The molecule has 0 bridgehead atoms. The van der Waals surface area contributed by atoms with E-state index in [9.17, 15) is 22.9 Å². The Balaban J connectivity index is 1.68. The van der Waals surface area contributed by atoms with Crippen molar-refractivity contribution in [3.05, 3.63) is 76.5 Å². The summed E-state index contributed by atoms with van der Waals surface area (Å²) in [6.45, 7) is 3.36. The van der Waals surface area contributed by atoms with Gasteiger partial charge in [-0.2, -0.15) is 5.26 Å². The van der Waals surface area contributed by atoms with Crippen LogP contribution in [0.15, 0.2) is 58.9 Å². The number of halogens is 1. The van der Waals surface area contributed by atoms with Crippen LogP contribution in [-0.2, 0) is 22.0 Å². The van der Waals surface area contributed by atoms with Gasteiger partial charge in [0.1, 0.15) is 5.82 Å². The minimum absolute atomic E-state index is 0.00108. The monoisotopic (exact) mass is 458 g/mol. The number of carbonyl (C=O) groups is 1. The van der Waals surface area contributed by atoms with Crippen LogP contribution in [0.5, 0.6) is 0 Å². The molecule has 7 nitrogen and oxygen atoms in total. The average Bonchev–Trinajstić information content (AvgIpc) is 3.25. The fraction of sp³-hybridized carbons (Fsp3) is 0.190. The molecule has 1 amide bonds. The zero-order valence-corrected chi connectivity index (χ0v) is 18.3. The molecule has 2 N–H and O–H groups in total. The van der Waals surface area contributed by atoms with Crippen LogP contribution in [0.1, 0.15) is 35.3 Å². The predicted octanol–water partition coefficient (Wildman–Crippen LogP) is 3.81. The van der Waals surface area contributed by atoms with E-state index in [2.05, 4.69) is 21.1 Å². The van der Waals surface area contributed by atoms with Crippen molar-refractivity contribution in [1.29, 1.82) is 5.26 Å². The summed E-state index contributed by atoms with van der Waals surface area (Å²) in [6, 6.07) is 11.9. The number of benzene rings is 2. The van der Waals surface area contributed by atoms with Crippen LogP contribution in [0.3, 0.4) is 0 Å². The van der Waals surface area contributed by atoms with Crippen molar-refractivity contribution in [3.8, 4) is 6.07 Å². The molecule has 10 heteroatoms. The van der Waals surface area contributed by atoms with E-state index in [-0.39, 0.29) is 27.7 Å². The van der Waals surface area contributed by atoms with E-state index in [1.54, 1.807) is 25.3 Å². The quantitative estimate of drug-likeness (QED) is 0.559. The maximum Gasteiger partial charge on any atom is 0.263 e. The van der Waals surface area contributed by atoms with Crippen molar-refractivity contribution in [3.63, 3.8) is 0 Å². The molecule has 1 aromatic heterocycles. The number of nitriles is 1. The van der Waals surface area contributed by atoms with Gasteiger partial charge in [-0.3, -0.25) is 9.52 Å². The van der Waals surface area contributed by atoms with E-state index in [1.807, 2.05) is 0 Å². The third-order valence-corrected chi connectivity index (χ3v) is 6.69. The van der Waals surface area contributed by atoms with Crippen molar-refractivity contribution < 1.29 is 17.6 Å². The second kappa shape index (κ2) is 8.83. The molecule has 160 valence electrons. The summed E-state index contributed by atoms with van der Waals surface area (Å²) in [5, 5.41) is 13.9. The summed E-state index contributed by atoms with van der Waals surface area (Å²) in [6.07, 6.45) is 1.49. The lowest BCUT2D eigenvalue weighted by atomic mass is 9.85. The maximum absolute atomic E-state index is 14.1. The lowest BCUT2D eigenvalue weighted by molar-refractivity contribution is 0.0951. The fourth-order valence-electron chi connectivity index (χ4n) is 2.74. The Morgan fingerprint density at radius 1 is 1.23 bits per heavy atom. The minimum atomic E-state index is -3.80. The van der Waals surface area contributed by atoms with Crippen LogP contribution in [0, 0.1) is 17.1 Å². The van der Waals surface area contributed by atoms with Gasteiger partial charge in [-0.15, -0.1) is 11.3 Å². The van der Waals surface area contributed by atoms with Crippen molar-refractivity contribution in [2.45, 2.75) is 30.7 Å². The standard InChI is InChI=1S/C21H19FN4O3S2/c1-21(2,13-23)17-11-14(3-8-18(17)22)12-25-19(27)15-4-6-16(7-5-15)31(28,29)26-20-24-9-10-30-20/h3-11H,12H2,1-2H3,(H,24,26)(H,25,27). The third-order valence-electron chi connectivity index (χ3n) is 4.52. The number of sulfonamides is 1. The Bertz CT molecular complexity index is 1230. The molecule has 0 saturated carbocycles. The zero-order valence-electron chi connectivity index (χ0n) is 16.7. The van der Waals surface area contributed by atoms with Gasteiger partial charge in [0.15, 0.2) is 5.13 Å². The highest BCUT2D eigenvalue weighted by molar-refractivity contribution is 7.93. The highest BCUT2D eigenvalue weighted by Gasteiger charge is 2.24. The Kier molecular flexibility index (Phi) is 6.38. The molecule has 31 heavy (non-hydrogen) atoms. The molecule has 0 spiro atoms. The van der Waals surface area contributed by atoms with E-state index in [0.29, 0.717) is 5.56 Å². The van der Waals surface area contributed by atoms with Gasteiger partial charge in [-0.25, -0.2) is 17.8 Å². The van der Waals surface area contributed by atoms with E-state index in [1.165, 1.54) is 42.6 Å². The number of nitrogens with one attached hydrogen (secondary N) is 2. The topological polar surface area (TPSA) is 112 Å². The summed E-state index contributed by atoms with van der Waals surface area (Å²) >= 11 is 1.15. The summed E-state index contributed by atoms with van der Waals surface area (Å²) in [4.78, 5) is 16.3. The minimum Gasteiger partial charge on any atom is -0.348 e. The van der Waals surface area contributed by atoms with Crippen LogP contribution in [0.2, 0.25) is 0 Å². The number of carbonyl (C=O) groups excluding carboxylic acids is 1. The van der Waals surface area contributed by atoms with Crippen molar-refractivity contribution >= 4 is 32.4 Å². The molecule has 0 aliphatic carbocycles. The number of nitrogens with zero attached hydrogens (tertiary/aromatic N) is 2. The second-order valence-electron chi connectivity index (χ2n) is 7.20. The van der Waals surface area contributed by atoms with Gasteiger partial charge < -0.3 is 5.32 Å². The molecule has 0 atom stereocenters. The van der Waals surface area contributed by atoms with Gasteiger partial charge in [0.2, 0.25) is 0 Å². The molecule has 0 unspecified atom stereocenters. The number of hydrogen-bond donors (Lipinski definition) is 2. The molecular formula is C21H19FN4O3S2. The molecule has 2 aromatic carbocycles. The molecule has 1 heterocycles. The Morgan fingerprint density at radius 2 is 1.94 bits per heavy atom. The van der Waals surface area contributed by atoms with Gasteiger partial charge in [0.25, 0.3) is 15.9 Å². The summed E-state index contributed by atoms with van der Waals surface area (Å²) < 4.78 is 41.2. The summed E-state index contributed by atoms with van der Waals surface area (Å²) in [5.74, 6) is -0.896. The fourth-order valence-corrected chi connectivity index (χ4v) is 4.53. The molecule has 3 rings (SSSR count). The molecule has 3 aromatic rings. The number of anilines is 1. The highest BCUT2D eigenvalue weighted by atomic mass is 32.2. The van der Waals surface area contributed by atoms with Gasteiger partial charge in [-0.05, 0) is 55.8 Å². The summed E-state index contributed by atoms with van der Waals surface area (Å²) in [5.41, 5.74) is 0.162. The Hall–Kier alpha value is -3.29. The molecule has 0 aliphatic rings. The van der Waals surface area contributed by atoms with Crippen LogP contribution < -0.4 is 10.0 Å². The van der Waals surface area contributed by atoms with Crippen molar-refractivity contribution in [2.24, 2.45) is 0 Å². The summed E-state index contributed by atoms with van der Waals surface area (Å²) in [7, 11) is -3.80. The van der Waals surface area contributed by atoms with E-state index in [4.69, 9.17) is 0 Å². The molecule has 0 aliphatic heterocycles. The Labute approximate surface area is 183 Å². The van der Waals surface area contributed by atoms with Gasteiger partial charge in [0.05, 0.1) is 16.4 Å². The SMILES string of the molecule is CC(C)(C#N)c1cc(CNC(=O)c2ccc(S(=O)(=O)Nc3nccs3)cc2)ccc1F. The number of rotatable bonds is 7. The maximum atomic E-state index is 14.1. The number of amides is 1. The second-order valence-corrected chi connectivity index (χ2v) is 9.78. The lowest BCUT2D eigenvalue weighted by Crippen LogP contribution is -2.24. The van der Waals surface area contributed by atoms with Gasteiger partial charge in [0, 0.05) is 29.2 Å². The lowest BCUT2D eigenvalue weighted by Gasteiger charge is -2.18. The largest absolute Gasteiger partial charge is 0.348 e. The number of aromatic nitrogens is 1.